The summed E-state index contributed by atoms with van der Waals surface area (Å²) >= 11 is 8.80. The van der Waals surface area contributed by atoms with Crippen molar-refractivity contribution in [2.75, 3.05) is 23.7 Å². The number of nitrogens with zero attached hydrogens (tertiary/aromatic N) is 2. The lowest BCUT2D eigenvalue weighted by Gasteiger charge is -2.24. The third-order valence-electron chi connectivity index (χ3n) is 4.49. The summed E-state index contributed by atoms with van der Waals surface area (Å²) in [5, 5.41) is 12.7. The van der Waals surface area contributed by atoms with E-state index < -0.39 is 5.72 Å². The maximum absolute atomic E-state index is 11.6. The molecule has 24 heavy (non-hydrogen) atoms. The number of β-amino-alcohol motifs (C(OH)–C–C–N with tert-alkyl or cyclic N) is 1. The molecule has 2 aromatic rings. The van der Waals surface area contributed by atoms with Gasteiger partial charge in [0.15, 0.2) is 6.54 Å². The molecule has 0 amide bonds. The molecule has 2 heterocycles. The van der Waals surface area contributed by atoms with Gasteiger partial charge in [0.1, 0.15) is 5.69 Å². The zero-order valence-corrected chi connectivity index (χ0v) is 16.9. The zero-order valence-electron chi connectivity index (χ0n) is 13.0. The van der Waals surface area contributed by atoms with Crippen molar-refractivity contribution in [1.82, 2.24) is 0 Å². The second-order valence-corrected chi connectivity index (χ2v) is 8.92. The van der Waals surface area contributed by atoms with E-state index in [1.807, 2.05) is 48.2 Å². The molecule has 124 valence electrons. The summed E-state index contributed by atoms with van der Waals surface area (Å²) < 4.78 is 4.24. The molecule has 1 unspecified atom stereocenters. The number of anilines is 1. The van der Waals surface area contributed by atoms with E-state index >= 15 is 0 Å². The maximum Gasteiger partial charge on any atom is 0.316 e. The Bertz CT molecular complexity index is 792. The molecule has 2 aromatic carbocycles. The maximum atomic E-state index is 11.6. The number of hydrogen-bond acceptors (Lipinski definition) is 3. The molecule has 2 aliphatic heterocycles. The lowest BCUT2D eigenvalue weighted by Crippen LogP contribution is -2.41. The third-order valence-corrected chi connectivity index (χ3v) is 6.74. The number of benzene rings is 2. The first kappa shape index (κ1) is 16.6. The molecule has 6 heteroatoms. The van der Waals surface area contributed by atoms with Crippen LogP contribution in [0.15, 0.2) is 57.5 Å². The first-order valence-corrected chi connectivity index (χ1v) is 10.4. The minimum absolute atomic E-state index is 0.540. The lowest BCUT2D eigenvalue weighted by molar-refractivity contribution is -0.656. The van der Waals surface area contributed by atoms with Crippen molar-refractivity contribution in [3.05, 3.63) is 63.0 Å². The molecular formula is C18H17Br2N2OS+. The third kappa shape index (κ3) is 2.83. The van der Waals surface area contributed by atoms with Crippen molar-refractivity contribution in [3.63, 3.8) is 0 Å². The van der Waals surface area contributed by atoms with Crippen LogP contribution in [0.2, 0.25) is 0 Å². The van der Waals surface area contributed by atoms with E-state index in [-0.39, 0.29) is 0 Å². The van der Waals surface area contributed by atoms with Crippen molar-refractivity contribution in [2.24, 2.45) is 0 Å². The van der Waals surface area contributed by atoms with Gasteiger partial charge in [0.05, 0.1) is 6.54 Å². The molecule has 0 bridgehead atoms. The van der Waals surface area contributed by atoms with Gasteiger partial charge in [-0.3, -0.25) is 0 Å². The van der Waals surface area contributed by atoms with Gasteiger partial charge in [-0.05, 0) is 54.6 Å². The Kier molecular flexibility index (Phi) is 4.49. The van der Waals surface area contributed by atoms with Crippen molar-refractivity contribution in [3.8, 4) is 0 Å². The smallest absolute Gasteiger partial charge is 0.316 e. The molecule has 0 aromatic heterocycles. The lowest BCUT2D eigenvalue weighted by atomic mass is 10.0. The monoisotopic (exact) mass is 467 g/mol. The van der Waals surface area contributed by atoms with Crippen LogP contribution in [0.4, 0.5) is 5.69 Å². The van der Waals surface area contributed by atoms with E-state index in [2.05, 4.69) is 53.5 Å². The van der Waals surface area contributed by atoms with Crippen molar-refractivity contribution in [2.45, 2.75) is 12.1 Å². The summed E-state index contributed by atoms with van der Waals surface area (Å²) in [4.78, 5) is 2.23. The van der Waals surface area contributed by atoms with Crippen molar-refractivity contribution in [1.29, 1.82) is 0 Å². The highest BCUT2D eigenvalue weighted by atomic mass is 79.9. The van der Waals surface area contributed by atoms with Crippen LogP contribution < -0.4 is 4.90 Å². The molecule has 0 saturated heterocycles. The summed E-state index contributed by atoms with van der Waals surface area (Å²) in [7, 11) is 0. The van der Waals surface area contributed by atoms with E-state index in [0.29, 0.717) is 6.54 Å². The van der Waals surface area contributed by atoms with Gasteiger partial charge >= 0.3 is 5.17 Å². The first-order valence-electron chi connectivity index (χ1n) is 7.87. The minimum Gasteiger partial charge on any atom is -0.346 e. The average molecular weight is 469 g/mol. The number of amidine groups is 1. The van der Waals surface area contributed by atoms with Crippen LogP contribution in [0, 0.1) is 0 Å². The van der Waals surface area contributed by atoms with E-state index in [0.717, 1.165) is 44.1 Å². The summed E-state index contributed by atoms with van der Waals surface area (Å²) in [6.45, 7) is 1.42. The molecule has 3 nitrogen and oxygen atoms in total. The van der Waals surface area contributed by atoms with Gasteiger partial charge in [0, 0.05) is 20.3 Å². The van der Waals surface area contributed by atoms with Gasteiger partial charge in [0.2, 0.25) is 0 Å². The van der Waals surface area contributed by atoms with Crippen LogP contribution in [0.5, 0.6) is 0 Å². The Morgan fingerprint density at radius 2 is 1.62 bits per heavy atom. The normalized spacial score (nSPS) is 23.5. The molecule has 1 N–H and O–H groups in total. The van der Waals surface area contributed by atoms with Gasteiger partial charge in [-0.15, -0.1) is 0 Å². The highest BCUT2D eigenvalue weighted by Gasteiger charge is 2.53. The van der Waals surface area contributed by atoms with Crippen LogP contribution in [-0.2, 0) is 5.72 Å². The van der Waals surface area contributed by atoms with E-state index in [1.165, 1.54) is 0 Å². The van der Waals surface area contributed by atoms with Crippen LogP contribution in [0.3, 0.4) is 0 Å². The second-order valence-electron chi connectivity index (χ2n) is 6.02. The first-order chi connectivity index (χ1) is 11.6. The standard InChI is InChI=1S/C18H17Br2N2OS/c19-14-4-2-13(3-5-14)18(23)12-21(16-8-6-15(20)7-9-16)17-22(18)10-1-11-24-17/h2-9,23H,1,10-12H2/q+1. The number of thioether (sulfide) groups is 1. The number of halogens is 2. The Morgan fingerprint density at radius 1 is 1.00 bits per heavy atom. The van der Waals surface area contributed by atoms with E-state index in [4.69, 9.17) is 0 Å². The van der Waals surface area contributed by atoms with Crippen LogP contribution in [-0.4, -0.2) is 33.7 Å². The molecular weight excluding hydrogens is 452 g/mol. The van der Waals surface area contributed by atoms with Crippen molar-refractivity contribution < 1.29 is 9.68 Å². The van der Waals surface area contributed by atoms with E-state index in [1.54, 1.807) is 0 Å². The predicted octanol–water partition coefficient (Wildman–Crippen LogP) is 4.38. The van der Waals surface area contributed by atoms with Gasteiger partial charge in [-0.2, -0.15) is 0 Å². The molecule has 0 fully saturated rings. The van der Waals surface area contributed by atoms with Crippen molar-refractivity contribution >= 4 is 54.5 Å². The molecule has 0 spiro atoms. The average Bonchev–Trinajstić information content (AvgIpc) is 2.91. The predicted molar refractivity (Wildman–Crippen MR) is 107 cm³/mol. The topological polar surface area (TPSA) is 26.5 Å². The molecule has 0 saturated carbocycles. The van der Waals surface area contributed by atoms with Gasteiger partial charge in [0.25, 0.3) is 5.72 Å². The summed E-state index contributed by atoms with van der Waals surface area (Å²) in [6.07, 6.45) is 1.08. The molecule has 0 aliphatic carbocycles. The Hall–Kier alpha value is -0.820. The van der Waals surface area contributed by atoms with Gasteiger partial charge < -0.3 is 5.11 Å². The summed E-state index contributed by atoms with van der Waals surface area (Å²) in [5.74, 6) is 1.09. The molecule has 0 radical (unpaired) electrons. The fourth-order valence-electron chi connectivity index (χ4n) is 3.29. The molecule has 1 atom stereocenters. The molecule has 4 rings (SSSR count). The largest absolute Gasteiger partial charge is 0.346 e. The number of hydrogen-bond donors (Lipinski definition) is 1. The summed E-state index contributed by atoms with van der Waals surface area (Å²) in [5.41, 5.74) is 1.06. The highest BCUT2D eigenvalue weighted by molar-refractivity contribution is 9.10. The fraction of sp³-hybridized carbons (Fsp3) is 0.278. The van der Waals surface area contributed by atoms with Crippen LogP contribution in [0.1, 0.15) is 12.0 Å². The second kappa shape index (κ2) is 6.48. The Labute approximate surface area is 162 Å². The highest BCUT2D eigenvalue weighted by Crippen LogP contribution is 2.38. The van der Waals surface area contributed by atoms with Gasteiger partial charge in [-0.1, -0.05) is 44.0 Å². The zero-order chi connectivity index (χ0) is 16.7. The van der Waals surface area contributed by atoms with E-state index in [9.17, 15) is 5.11 Å². The van der Waals surface area contributed by atoms with Crippen LogP contribution >= 0.6 is 43.6 Å². The minimum atomic E-state index is -0.990. The Balaban J connectivity index is 1.78. The quantitative estimate of drug-likeness (QED) is 0.662. The van der Waals surface area contributed by atoms with Gasteiger partial charge in [-0.25, -0.2) is 9.48 Å². The number of aliphatic hydroxyl groups is 1. The molecule has 2 aliphatic rings. The summed E-state index contributed by atoms with van der Waals surface area (Å²) in [6, 6.07) is 16.3. The SMILES string of the molecule is OC1(c2ccc(Br)cc2)CN(c2ccc(Br)cc2)C2=[N+]1CCCS2. The number of rotatable bonds is 2. The van der Waals surface area contributed by atoms with Crippen LogP contribution in [0.25, 0.3) is 0 Å². The fourth-order valence-corrected chi connectivity index (χ4v) is 5.00. The Morgan fingerprint density at radius 3 is 2.29 bits per heavy atom.